The highest BCUT2D eigenvalue weighted by Crippen LogP contribution is 2.29. The summed E-state index contributed by atoms with van der Waals surface area (Å²) >= 11 is 0. The Kier molecular flexibility index (Phi) is 15.6. The molecule has 0 bridgehead atoms. The third-order valence-corrected chi connectivity index (χ3v) is 5.34. The van der Waals surface area contributed by atoms with Gasteiger partial charge in [-0.3, -0.25) is 0 Å². The number of phenols is 2. The van der Waals surface area contributed by atoms with Crippen molar-refractivity contribution in [1.82, 2.24) is 0 Å². The number of aromatic hydroxyl groups is 2. The molecular weight excluding hydrogens is 364 g/mol. The molecule has 0 amide bonds. The van der Waals surface area contributed by atoms with Crippen LogP contribution in [0.5, 0.6) is 11.5 Å². The highest BCUT2D eigenvalue weighted by atomic mass is 16.7. The number of para-hydroxylation sites is 1. The highest BCUT2D eigenvalue weighted by molar-refractivity contribution is 5.44. The van der Waals surface area contributed by atoms with Crippen LogP contribution in [-0.4, -0.2) is 29.7 Å². The number of ether oxygens (including phenoxy) is 2. The molecule has 0 radical (unpaired) electrons. The van der Waals surface area contributed by atoms with E-state index in [1.807, 2.05) is 6.07 Å². The van der Waals surface area contributed by atoms with Gasteiger partial charge in [-0.05, 0) is 50.2 Å². The third kappa shape index (κ3) is 12.8. The standard InChI is InChI=1S/C25H44O4/c1-3-5-7-9-13-20-28-24(29-21-14-10-8-6-4-2)19-12-11-16-22-17-15-18-23(26)25(22)27/h15,17-18,24,26-27H,3-14,16,19-21H2,1-2H3. The minimum absolute atomic E-state index is 0.00992. The van der Waals surface area contributed by atoms with Gasteiger partial charge in [0.15, 0.2) is 17.8 Å². The summed E-state index contributed by atoms with van der Waals surface area (Å²) in [5, 5.41) is 19.5. The van der Waals surface area contributed by atoms with Gasteiger partial charge >= 0.3 is 0 Å². The SMILES string of the molecule is CCCCCCCOC(CCCCc1cccc(O)c1O)OCCCCCCC. The van der Waals surface area contributed by atoms with E-state index < -0.39 is 0 Å². The Morgan fingerprint density at radius 2 is 1.31 bits per heavy atom. The fourth-order valence-electron chi connectivity index (χ4n) is 3.46. The number of phenolic OH excluding ortho intramolecular Hbond substituents is 2. The molecule has 0 saturated heterocycles. The first-order valence-corrected chi connectivity index (χ1v) is 11.9. The van der Waals surface area contributed by atoms with Crippen molar-refractivity contribution >= 4 is 0 Å². The quantitative estimate of drug-likeness (QED) is 0.145. The Balaban J connectivity index is 2.28. The van der Waals surface area contributed by atoms with Gasteiger partial charge in [0, 0.05) is 13.2 Å². The van der Waals surface area contributed by atoms with Gasteiger partial charge < -0.3 is 19.7 Å². The van der Waals surface area contributed by atoms with E-state index in [1.165, 1.54) is 57.4 Å². The lowest BCUT2D eigenvalue weighted by Gasteiger charge is -2.19. The Bertz CT molecular complexity index is 488. The van der Waals surface area contributed by atoms with Crippen LogP contribution in [0.15, 0.2) is 18.2 Å². The molecule has 0 aliphatic rings. The van der Waals surface area contributed by atoms with Crippen LogP contribution in [0.3, 0.4) is 0 Å². The van der Waals surface area contributed by atoms with Gasteiger partial charge in [-0.25, -0.2) is 0 Å². The fourth-order valence-corrected chi connectivity index (χ4v) is 3.46. The molecule has 0 heterocycles. The van der Waals surface area contributed by atoms with Crippen LogP contribution in [0.1, 0.15) is 103 Å². The van der Waals surface area contributed by atoms with Crippen molar-refractivity contribution in [1.29, 1.82) is 0 Å². The van der Waals surface area contributed by atoms with Crippen LogP contribution in [0.25, 0.3) is 0 Å². The predicted molar refractivity (Wildman–Crippen MR) is 121 cm³/mol. The molecule has 0 aliphatic carbocycles. The van der Waals surface area contributed by atoms with Gasteiger partial charge in [0.1, 0.15) is 0 Å². The molecule has 0 fully saturated rings. The lowest BCUT2D eigenvalue weighted by atomic mass is 10.1. The number of rotatable bonds is 19. The van der Waals surface area contributed by atoms with Crippen molar-refractivity contribution in [2.45, 2.75) is 110 Å². The molecule has 4 heteroatoms. The van der Waals surface area contributed by atoms with Crippen LogP contribution < -0.4 is 0 Å². The molecule has 2 N–H and O–H groups in total. The molecule has 0 spiro atoms. The number of aryl methyl sites for hydroxylation is 1. The fraction of sp³-hybridized carbons (Fsp3) is 0.760. The van der Waals surface area contributed by atoms with Crippen LogP contribution in [0, 0.1) is 0 Å². The van der Waals surface area contributed by atoms with Gasteiger partial charge in [0.05, 0.1) is 0 Å². The van der Waals surface area contributed by atoms with E-state index in [-0.39, 0.29) is 17.8 Å². The molecule has 1 rings (SSSR count). The van der Waals surface area contributed by atoms with E-state index >= 15 is 0 Å². The van der Waals surface area contributed by atoms with E-state index in [4.69, 9.17) is 9.47 Å². The Hall–Kier alpha value is -1.26. The molecule has 0 aromatic heterocycles. The third-order valence-electron chi connectivity index (χ3n) is 5.34. The first-order valence-electron chi connectivity index (χ1n) is 11.9. The van der Waals surface area contributed by atoms with Crippen LogP contribution in [0.4, 0.5) is 0 Å². The lowest BCUT2D eigenvalue weighted by molar-refractivity contribution is -0.148. The van der Waals surface area contributed by atoms with Crippen molar-refractivity contribution < 1.29 is 19.7 Å². The van der Waals surface area contributed by atoms with E-state index in [0.29, 0.717) is 0 Å². The zero-order valence-corrected chi connectivity index (χ0v) is 18.8. The maximum atomic E-state index is 9.92. The number of benzene rings is 1. The predicted octanol–water partition coefficient (Wildman–Crippen LogP) is 7.11. The molecule has 0 atom stereocenters. The number of unbranched alkanes of at least 4 members (excludes halogenated alkanes) is 9. The Morgan fingerprint density at radius 1 is 0.724 bits per heavy atom. The molecule has 168 valence electrons. The zero-order chi connectivity index (χ0) is 21.2. The molecule has 0 aliphatic heterocycles. The normalized spacial score (nSPS) is 11.4. The summed E-state index contributed by atoms with van der Waals surface area (Å²) < 4.78 is 12.1. The van der Waals surface area contributed by atoms with Crippen molar-refractivity contribution in [2.75, 3.05) is 13.2 Å². The summed E-state index contributed by atoms with van der Waals surface area (Å²) in [6.45, 7) is 6.02. The van der Waals surface area contributed by atoms with Gasteiger partial charge in [0.2, 0.25) is 0 Å². The topological polar surface area (TPSA) is 58.9 Å². The monoisotopic (exact) mass is 408 g/mol. The number of hydrogen-bond acceptors (Lipinski definition) is 4. The van der Waals surface area contributed by atoms with Crippen molar-refractivity contribution in [3.8, 4) is 11.5 Å². The second-order valence-electron chi connectivity index (χ2n) is 8.03. The second kappa shape index (κ2) is 17.6. The number of hydrogen-bond donors (Lipinski definition) is 2. The maximum absolute atomic E-state index is 9.92. The average Bonchev–Trinajstić information content (AvgIpc) is 2.72. The summed E-state index contributed by atoms with van der Waals surface area (Å²) in [6.07, 6.45) is 15.8. The second-order valence-corrected chi connectivity index (χ2v) is 8.03. The van der Waals surface area contributed by atoms with Crippen LogP contribution in [-0.2, 0) is 15.9 Å². The van der Waals surface area contributed by atoms with Gasteiger partial charge in [-0.1, -0.05) is 77.3 Å². The highest BCUT2D eigenvalue weighted by Gasteiger charge is 2.11. The summed E-state index contributed by atoms with van der Waals surface area (Å²) in [5.74, 6) is -0.0334. The minimum Gasteiger partial charge on any atom is -0.504 e. The van der Waals surface area contributed by atoms with Gasteiger partial charge in [-0.2, -0.15) is 0 Å². The molecule has 0 unspecified atom stereocenters. The molecule has 1 aromatic carbocycles. The minimum atomic E-state index is -0.120. The first kappa shape index (κ1) is 25.8. The summed E-state index contributed by atoms with van der Waals surface area (Å²) in [4.78, 5) is 0. The summed E-state index contributed by atoms with van der Waals surface area (Å²) in [5.41, 5.74) is 0.801. The summed E-state index contributed by atoms with van der Waals surface area (Å²) in [6, 6.07) is 5.15. The smallest absolute Gasteiger partial charge is 0.160 e. The lowest BCUT2D eigenvalue weighted by Crippen LogP contribution is -2.19. The van der Waals surface area contributed by atoms with E-state index in [9.17, 15) is 10.2 Å². The first-order chi connectivity index (χ1) is 14.2. The molecule has 29 heavy (non-hydrogen) atoms. The van der Waals surface area contributed by atoms with Gasteiger partial charge in [0.25, 0.3) is 0 Å². The molecule has 0 saturated carbocycles. The average molecular weight is 409 g/mol. The van der Waals surface area contributed by atoms with E-state index in [1.54, 1.807) is 6.07 Å². The molecule has 4 nitrogen and oxygen atoms in total. The van der Waals surface area contributed by atoms with Gasteiger partial charge in [-0.15, -0.1) is 0 Å². The van der Waals surface area contributed by atoms with Crippen LogP contribution >= 0.6 is 0 Å². The molecular formula is C25H44O4. The van der Waals surface area contributed by atoms with E-state index in [0.717, 1.165) is 57.3 Å². The van der Waals surface area contributed by atoms with E-state index in [2.05, 4.69) is 13.8 Å². The Labute approximate surface area is 178 Å². The maximum Gasteiger partial charge on any atom is 0.160 e. The van der Waals surface area contributed by atoms with Crippen LogP contribution in [0.2, 0.25) is 0 Å². The van der Waals surface area contributed by atoms with Crippen molar-refractivity contribution in [3.05, 3.63) is 23.8 Å². The van der Waals surface area contributed by atoms with Crippen molar-refractivity contribution in [2.24, 2.45) is 0 Å². The molecule has 1 aromatic rings. The Morgan fingerprint density at radius 3 is 1.90 bits per heavy atom. The summed E-state index contributed by atoms with van der Waals surface area (Å²) in [7, 11) is 0. The zero-order valence-electron chi connectivity index (χ0n) is 18.8. The van der Waals surface area contributed by atoms with Crippen molar-refractivity contribution in [3.63, 3.8) is 0 Å². The largest absolute Gasteiger partial charge is 0.504 e.